The fourth-order valence-corrected chi connectivity index (χ4v) is 2.27. The number of benzene rings is 2. The summed E-state index contributed by atoms with van der Waals surface area (Å²) in [7, 11) is 1.33. The quantitative estimate of drug-likeness (QED) is 0.447. The summed E-state index contributed by atoms with van der Waals surface area (Å²) >= 11 is 3.15. The molecule has 2 aromatic carbocycles. The Morgan fingerprint density at radius 1 is 1.09 bits per heavy atom. The Morgan fingerprint density at radius 3 is 2.59 bits per heavy atom. The van der Waals surface area contributed by atoms with Crippen molar-refractivity contribution < 1.29 is 19.1 Å². The van der Waals surface area contributed by atoms with Gasteiger partial charge in [-0.1, -0.05) is 46.3 Å². The Labute approximate surface area is 137 Å². The van der Waals surface area contributed by atoms with Crippen LogP contribution in [0.5, 0.6) is 5.75 Å². The first-order chi connectivity index (χ1) is 10.7. The lowest BCUT2D eigenvalue weighted by molar-refractivity contribution is 0.0595. The molecule has 0 aliphatic rings. The first-order valence-corrected chi connectivity index (χ1v) is 7.76. The summed E-state index contributed by atoms with van der Waals surface area (Å²) in [5.74, 6) is 0.0159. The summed E-state index contributed by atoms with van der Waals surface area (Å²) < 4.78 is 10.4. The fourth-order valence-electron chi connectivity index (χ4n) is 1.94. The molecule has 0 N–H and O–H groups in total. The Morgan fingerprint density at radius 2 is 1.86 bits per heavy atom. The summed E-state index contributed by atoms with van der Waals surface area (Å²) in [4.78, 5) is 23.3. The largest absolute Gasteiger partial charge is 0.488 e. The van der Waals surface area contributed by atoms with Gasteiger partial charge in [0.2, 0.25) is 0 Å². The lowest BCUT2D eigenvalue weighted by Gasteiger charge is -2.10. The van der Waals surface area contributed by atoms with Crippen LogP contribution in [0.25, 0.3) is 0 Å². The lowest BCUT2D eigenvalue weighted by Crippen LogP contribution is -2.06. The number of carbonyl (C=O) groups is 2. The molecule has 0 fully saturated rings. The van der Waals surface area contributed by atoms with Crippen LogP contribution in [0.4, 0.5) is 0 Å². The minimum atomic E-state index is -0.446. The van der Waals surface area contributed by atoms with Crippen LogP contribution in [0.15, 0.2) is 48.5 Å². The van der Waals surface area contributed by atoms with Crippen LogP contribution in [-0.4, -0.2) is 24.2 Å². The number of alkyl halides is 1. The van der Waals surface area contributed by atoms with Gasteiger partial charge in [-0.15, -0.1) is 0 Å². The number of ether oxygens (including phenoxy) is 2. The van der Waals surface area contributed by atoms with Crippen LogP contribution in [0, 0.1) is 0 Å². The molecule has 0 spiro atoms. The Balaban J connectivity index is 2.14. The van der Waals surface area contributed by atoms with Crippen molar-refractivity contribution in [3.8, 4) is 5.75 Å². The zero-order valence-electron chi connectivity index (χ0n) is 12.0. The maximum absolute atomic E-state index is 11.7. The van der Waals surface area contributed by atoms with E-state index in [1.165, 1.54) is 7.11 Å². The molecular weight excluding hydrogens is 348 g/mol. The van der Waals surface area contributed by atoms with Crippen LogP contribution < -0.4 is 4.74 Å². The van der Waals surface area contributed by atoms with Crippen molar-refractivity contribution in [2.24, 2.45) is 0 Å². The second-order valence-corrected chi connectivity index (χ2v) is 5.09. The molecule has 0 heterocycles. The maximum Gasteiger partial charge on any atom is 0.341 e. The predicted molar refractivity (Wildman–Crippen MR) is 86.7 cm³/mol. The highest BCUT2D eigenvalue weighted by Crippen LogP contribution is 2.20. The number of halogens is 1. The minimum Gasteiger partial charge on any atom is -0.488 e. The van der Waals surface area contributed by atoms with Gasteiger partial charge in [0, 0.05) is 5.56 Å². The Bertz CT molecular complexity index is 682. The second kappa shape index (κ2) is 7.75. The smallest absolute Gasteiger partial charge is 0.341 e. The van der Waals surface area contributed by atoms with E-state index in [0.717, 1.165) is 5.56 Å². The molecule has 22 heavy (non-hydrogen) atoms. The van der Waals surface area contributed by atoms with Gasteiger partial charge in [-0.3, -0.25) is 4.79 Å². The fraction of sp³-hybridized carbons (Fsp3) is 0.176. The molecule has 0 atom stereocenters. The average Bonchev–Trinajstić information content (AvgIpc) is 2.59. The Kier molecular flexibility index (Phi) is 5.72. The van der Waals surface area contributed by atoms with Gasteiger partial charge < -0.3 is 9.47 Å². The normalized spacial score (nSPS) is 10.1. The number of Topliss-reactive ketones (excluding diaryl/α,β-unsaturated/α-hetero) is 1. The van der Waals surface area contributed by atoms with Crippen LogP contribution in [0.2, 0.25) is 0 Å². The lowest BCUT2D eigenvalue weighted by atomic mass is 10.1. The molecule has 0 radical (unpaired) electrons. The van der Waals surface area contributed by atoms with Crippen molar-refractivity contribution in [3.63, 3.8) is 0 Å². The third-order valence-electron chi connectivity index (χ3n) is 3.06. The van der Waals surface area contributed by atoms with Gasteiger partial charge in [-0.25, -0.2) is 4.79 Å². The van der Waals surface area contributed by atoms with E-state index in [0.29, 0.717) is 16.9 Å². The van der Waals surface area contributed by atoms with Crippen molar-refractivity contribution in [1.29, 1.82) is 0 Å². The number of rotatable bonds is 6. The van der Waals surface area contributed by atoms with Crippen LogP contribution in [-0.2, 0) is 11.3 Å². The number of ketones is 1. The van der Waals surface area contributed by atoms with Crippen LogP contribution in [0.1, 0.15) is 26.3 Å². The van der Waals surface area contributed by atoms with Crippen LogP contribution >= 0.6 is 15.9 Å². The summed E-state index contributed by atoms with van der Waals surface area (Å²) in [5.41, 5.74) is 1.85. The van der Waals surface area contributed by atoms with Gasteiger partial charge >= 0.3 is 5.97 Å². The number of esters is 1. The molecule has 0 aliphatic carbocycles. The van der Waals surface area contributed by atoms with E-state index in [9.17, 15) is 9.59 Å². The monoisotopic (exact) mass is 362 g/mol. The molecular formula is C17H15BrO4. The van der Waals surface area contributed by atoms with Crippen molar-refractivity contribution in [1.82, 2.24) is 0 Å². The molecule has 5 heteroatoms. The minimum absolute atomic E-state index is 0.0109. The predicted octanol–water partition coefficient (Wildman–Crippen LogP) is 3.63. The van der Waals surface area contributed by atoms with Crippen LogP contribution in [0.3, 0.4) is 0 Å². The highest BCUT2D eigenvalue weighted by molar-refractivity contribution is 9.09. The summed E-state index contributed by atoms with van der Waals surface area (Å²) in [6, 6.07) is 14.1. The third-order valence-corrected chi connectivity index (χ3v) is 3.57. The third kappa shape index (κ3) is 3.95. The first kappa shape index (κ1) is 16.2. The van der Waals surface area contributed by atoms with Gasteiger partial charge in [0.25, 0.3) is 0 Å². The van der Waals surface area contributed by atoms with Gasteiger partial charge in [0.15, 0.2) is 5.78 Å². The van der Waals surface area contributed by atoms with Gasteiger partial charge in [0.05, 0.1) is 12.4 Å². The van der Waals surface area contributed by atoms with Gasteiger partial charge in [0.1, 0.15) is 17.9 Å². The number of methoxy groups -OCH3 is 1. The van der Waals surface area contributed by atoms with Gasteiger partial charge in [-0.05, 0) is 23.8 Å². The molecule has 2 aromatic rings. The number of carbonyl (C=O) groups excluding carboxylic acids is 2. The molecule has 0 saturated heterocycles. The van der Waals surface area contributed by atoms with E-state index in [4.69, 9.17) is 9.47 Å². The van der Waals surface area contributed by atoms with E-state index in [2.05, 4.69) is 15.9 Å². The van der Waals surface area contributed by atoms with Crippen molar-refractivity contribution in [3.05, 3.63) is 65.2 Å². The molecule has 0 amide bonds. The van der Waals surface area contributed by atoms with E-state index in [-0.39, 0.29) is 17.7 Å². The van der Waals surface area contributed by atoms with Crippen molar-refractivity contribution in [2.45, 2.75) is 6.61 Å². The highest BCUT2D eigenvalue weighted by atomic mass is 79.9. The summed E-state index contributed by atoms with van der Waals surface area (Å²) in [5, 5.41) is 0.280. The summed E-state index contributed by atoms with van der Waals surface area (Å²) in [6.45, 7) is 0.261. The van der Waals surface area contributed by atoms with Gasteiger partial charge in [-0.2, -0.15) is 0 Å². The Hall–Kier alpha value is -2.14. The molecule has 0 saturated carbocycles. The number of hydrogen-bond donors (Lipinski definition) is 0. The number of hydrogen-bond acceptors (Lipinski definition) is 4. The average molecular weight is 363 g/mol. The molecule has 0 unspecified atom stereocenters. The molecule has 0 bridgehead atoms. The highest BCUT2D eigenvalue weighted by Gasteiger charge is 2.12. The summed E-state index contributed by atoms with van der Waals surface area (Å²) in [6.07, 6.45) is 0. The first-order valence-electron chi connectivity index (χ1n) is 6.64. The zero-order valence-corrected chi connectivity index (χ0v) is 13.6. The van der Waals surface area contributed by atoms with Crippen molar-refractivity contribution >= 4 is 27.7 Å². The number of para-hydroxylation sites is 1. The molecule has 114 valence electrons. The SMILES string of the molecule is COC(=O)c1ccccc1OCc1cccc(C(=O)CBr)c1. The molecule has 2 rings (SSSR count). The van der Waals surface area contributed by atoms with Crippen molar-refractivity contribution in [2.75, 3.05) is 12.4 Å². The van der Waals surface area contributed by atoms with E-state index in [1.54, 1.807) is 42.5 Å². The standard InChI is InChI=1S/C17H15BrO4/c1-21-17(20)14-7-2-3-8-16(14)22-11-12-5-4-6-13(9-12)15(19)10-18/h2-9H,10-11H2,1H3. The zero-order chi connectivity index (χ0) is 15.9. The topological polar surface area (TPSA) is 52.6 Å². The van der Waals surface area contributed by atoms with E-state index < -0.39 is 5.97 Å². The molecule has 0 aliphatic heterocycles. The molecule has 0 aromatic heterocycles. The maximum atomic E-state index is 11.7. The van der Waals surface area contributed by atoms with E-state index >= 15 is 0 Å². The second-order valence-electron chi connectivity index (χ2n) is 4.53. The van der Waals surface area contributed by atoms with E-state index in [1.807, 2.05) is 6.07 Å². The molecule has 4 nitrogen and oxygen atoms in total.